The van der Waals surface area contributed by atoms with E-state index in [9.17, 15) is 4.79 Å². The molecule has 0 radical (unpaired) electrons. The summed E-state index contributed by atoms with van der Waals surface area (Å²) in [6.45, 7) is 3.07. The fourth-order valence-electron chi connectivity index (χ4n) is 3.41. The largest absolute Gasteiger partial charge is 0.378 e. The number of ether oxygens (including phenoxy) is 1. The summed E-state index contributed by atoms with van der Waals surface area (Å²) in [7, 11) is 0. The average molecular weight is 238 g/mol. The molecule has 0 aromatic carbocycles. The standard InChI is InChI=1S/C15H26O2/c1-2-12-6-3-4-9-15(12)17-11-10-13-7-5-8-14(13)16/h12-13,15H,2-11H2,1H3. The van der Waals surface area contributed by atoms with Crippen LogP contribution in [0.2, 0.25) is 0 Å². The Balaban J connectivity index is 1.68. The van der Waals surface area contributed by atoms with E-state index in [0.29, 0.717) is 17.8 Å². The van der Waals surface area contributed by atoms with E-state index in [2.05, 4.69) is 6.92 Å². The fourth-order valence-corrected chi connectivity index (χ4v) is 3.41. The van der Waals surface area contributed by atoms with Gasteiger partial charge in [-0.15, -0.1) is 0 Å². The van der Waals surface area contributed by atoms with E-state index in [0.717, 1.165) is 38.2 Å². The van der Waals surface area contributed by atoms with Gasteiger partial charge in [-0.05, 0) is 38.0 Å². The van der Waals surface area contributed by atoms with Gasteiger partial charge in [0.05, 0.1) is 6.10 Å². The molecule has 3 atom stereocenters. The third-order valence-electron chi connectivity index (χ3n) is 4.59. The van der Waals surface area contributed by atoms with Crippen LogP contribution in [-0.4, -0.2) is 18.5 Å². The normalized spacial score (nSPS) is 34.2. The molecule has 0 spiro atoms. The molecule has 3 unspecified atom stereocenters. The SMILES string of the molecule is CCC1CCCCC1OCCC1CCCC1=O. The summed E-state index contributed by atoms with van der Waals surface area (Å²) in [4.78, 5) is 11.5. The molecule has 2 fully saturated rings. The minimum absolute atomic E-state index is 0.318. The van der Waals surface area contributed by atoms with Gasteiger partial charge in [-0.25, -0.2) is 0 Å². The van der Waals surface area contributed by atoms with E-state index in [4.69, 9.17) is 4.74 Å². The predicted octanol–water partition coefficient (Wildman–Crippen LogP) is 3.73. The number of rotatable bonds is 5. The minimum atomic E-state index is 0.318. The van der Waals surface area contributed by atoms with E-state index in [-0.39, 0.29) is 0 Å². The van der Waals surface area contributed by atoms with Gasteiger partial charge in [0, 0.05) is 18.9 Å². The lowest BCUT2D eigenvalue weighted by Crippen LogP contribution is -2.28. The fraction of sp³-hybridized carbons (Fsp3) is 0.933. The zero-order valence-corrected chi connectivity index (χ0v) is 11.1. The first-order valence-electron chi connectivity index (χ1n) is 7.45. The van der Waals surface area contributed by atoms with E-state index in [1.807, 2.05) is 0 Å². The van der Waals surface area contributed by atoms with Crippen molar-refractivity contribution in [3.05, 3.63) is 0 Å². The highest BCUT2D eigenvalue weighted by atomic mass is 16.5. The van der Waals surface area contributed by atoms with Crippen molar-refractivity contribution >= 4 is 5.78 Å². The number of Topliss-reactive ketones (excluding diaryl/α,β-unsaturated/α-hetero) is 1. The van der Waals surface area contributed by atoms with Crippen molar-refractivity contribution in [2.45, 2.75) is 70.8 Å². The Morgan fingerprint density at radius 3 is 2.71 bits per heavy atom. The summed E-state index contributed by atoms with van der Waals surface area (Å²) in [6.07, 6.45) is 11.0. The zero-order valence-electron chi connectivity index (χ0n) is 11.1. The third kappa shape index (κ3) is 3.54. The molecule has 2 rings (SSSR count). The van der Waals surface area contributed by atoms with Crippen molar-refractivity contribution in [3.8, 4) is 0 Å². The van der Waals surface area contributed by atoms with Crippen LogP contribution in [0.25, 0.3) is 0 Å². The second-order valence-electron chi connectivity index (χ2n) is 5.71. The van der Waals surface area contributed by atoms with Crippen molar-refractivity contribution < 1.29 is 9.53 Å². The molecule has 98 valence electrons. The van der Waals surface area contributed by atoms with Gasteiger partial charge in [-0.1, -0.05) is 26.2 Å². The van der Waals surface area contributed by atoms with Gasteiger partial charge < -0.3 is 4.74 Å². The van der Waals surface area contributed by atoms with Crippen LogP contribution in [0.15, 0.2) is 0 Å². The maximum atomic E-state index is 11.5. The van der Waals surface area contributed by atoms with Crippen molar-refractivity contribution in [2.75, 3.05) is 6.61 Å². The van der Waals surface area contributed by atoms with Crippen LogP contribution in [0.4, 0.5) is 0 Å². The molecule has 0 aromatic heterocycles. The predicted molar refractivity (Wildman–Crippen MR) is 69.0 cm³/mol. The Bertz CT molecular complexity index is 249. The molecule has 0 saturated heterocycles. The van der Waals surface area contributed by atoms with Gasteiger partial charge in [-0.2, -0.15) is 0 Å². The van der Waals surface area contributed by atoms with Crippen molar-refractivity contribution in [1.29, 1.82) is 0 Å². The lowest BCUT2D eigenvalue weighted by atomic mass is 9.85. The number of hydrogen-bond donors (Lipinski definition) is 0. The van der Waals surface area contributed by atoms with Gasteiger partial charge in [0.25, 0.3) is 0 Å². The zero-order chi connectivity index (χ0) is 12.1. The molecular weight excluding hydrogens is 212 g/mol. The van der Waals surface area contributed by atoms with Gasteiger partial charge in [0.1, 0.15) is 5.78 Å². The molecule has 0 aliphatic heterocycles. The Labute approximate surface area is 105 Å². The van der Waals surface area contributed by atoms with E-state index >= 15 is 0 Å². The first-order valence-corrected chi connectivity index (χ1v) is 7.45. The van der Waals surface area contributed by atoms with Crippen molar-refractivity contribution in [2.24, 2.45) is 11.8 Å². The van der Waals surface area contributed by atoms with Gasteiger partial charge in [0.2, 0.25) is 0 Å². The topological polar surface area (TPSA) is 26.3 Å². The number of hydrogen-bond acceptors (Lipinski definition) is 2. The van der Waals surface area contributed by atoms with Crippen molar-refractivity contribution in [1.82, 2.24) is 0 Å². The Hall–Kier alpha value is -0.370. The van der Waals surface area contributed by atoms with Gasteiger partial charge in [0.15, 0.2) is 0 Å². The smallest absolute Gasteiger partial charge is 0.136 e. The molecule has 0 amide bonds. The molecule has 2 aliphatic carbocycles. The van der Waals surface area contributed by atoms with Crippen LogP contribution in [0.3, 0.4) is 0 Å². The summed E-state index contributed by atoms with van der Waals surface area (Å²) >= 11 is 0. The molecule has 2 nitrogen and oxygen atoms in total. The quantitative estimate of drug-likeness (QED) is 0.729. The maximum Gasteiger partial charge on any atom is 0.136 e. The molecule has 0 aromatic rings. The molecule has 0 bridgehead atoms. The minimum Gasteiger partial charge on any atom is -0.378 e. The third-order valence-corrected chi connectivity index (χ3v) is 4.59. The average Bonchev–Trinajstić information content (AvgIpc) is 2.76. The van der Waals surface area contributed by atoms with Crippen LogP contribution >= 0.6 is 0 Å². The number of carbonyl (C=O) groups is 1. The Kier molecular flexibility index (Phi) is 5.02. The molecule has 2 aliphatic rings. The summed E-state index contributed by atoms with van der Waals surface area (Å²) < 4.78 is 6.04. The summed E-state index contributed by atoms with van der Waals surface area (Å²) in [5.41, 5.74) is 0. The Morgan fingerprint density at radius 2 is 2.00 bits per heavy atom. The van der Waals surface area contributed by atoms with Crippen LogP contribution in [0.1, 0.15) is 64.7 Å². The van der Waals surface area contributed by atoms with Crippen LogP contribution in [0.5, 0.6) is 0 Å². The number of carbonyl (C=O) groups excluding carboxylic acids is 1. The summed E-state index contributed by atoms with van der Waals surface area (Å²) in [6, 6.07) is 0. The number of ketones is 1. The van der Waals surface area contributed by atoms with Crippen LogP contribution < -0.4 is 0 Å². The molecular formula is C15H26O2. The first-order chi connectivity index (χ1) is 8.31. The van der Waals surface area contributed by atoms with E-state index in [1.54, 1.807) is 0 Å². The monoisotopic (exact) mass is 238 g/mol. The highest BCUT2D eigenvalue weighted by Gasteiger charge is 2.26. The molecule has 0 heterocycles. The van der Waals surface area contributed by atoms with Crippen LogP contribution in [0, 0.1) is 11.8 Å². The van der Waals surface area contributed by atoms with Crippen LogP contribution in [-0.2, 0) is 9.53 Å². The van der Waals surface area contributed by atoms with Gasteiger partial charge >= 0.3 is 0 Å². The molecule has 2 saturated carbocycles. The second-order valence-corrected chi connectivity index (χ2v) is 5.71. The highest BCUT2D eigenvalue weighted by molar-refractivity contribution is 5.82. The molecule has 0 N–H and O–H groups in total. The first kappa shape index (κ1) is 13.1. The molecule has 17 heavy (non-hydrogen) atoms. The van der Waals surface area contributed by atoms with Crippen molar-refractivity contribution in [3.63, 3.8) is 0 Å². The maximum absolute atomic E-state index is 11.5. The summed E-state index contributed by atoms with van der Waals surface area (Å²) in [5.74, 6) is 1.56. The summed E-state index contributed by atoms with van der Waals surface area (Å²) in [5, 5.41) is 0. The van der Waals surface area contributed by atoms with Gasteiger partial charge in [-0.3, -0.25) is 4.79 Å². The lowest BCUT2D eigenvalue weighted by molar-refractivity contribution is -0.121. The molecule has 2 heteroatoms. The lowest BCUT2D eigenvalue weighted by Gasteiger charge is -2.31. The van der Waals surface area contributed by atoms with E-state index < -0.39 is 0 Å². The van der Waals surface area contributed by atoms with E-state index in [1.165, 1.54) is 32.1 Å². The highest BCUT2D eigenvalue weighted by Crippen LogP contribution is 2.30. The second kappa shape index (κ2) is 6.53. The Morgan fingerprint density at radius 1 is 1.18 bits per heavy atom.